The summed E-state index contributed by atoms with van der Waals surface area (Å²) >= 11 is 0. The molecule has 25 heavy (non-hydrogen) atoms. The molecule has 3 rings (SSSR count). The minimum Gasteiger partial charge on any atom is -0.508 e. The highest BCUT2D eigenvalue weighted by atomic mass is 16.6. The van der Waals surface area contributed by atoms with Crippen molar-refractivity contribution in [2.75, 3.05) is 11.9 Å². The van der Waals surface area contributed by atoms with Gasteiger partial charge < -0.3 is 9.84 Å². The van der Waals surface area contributed by atoms with Crippen LogP contribution in [0.4, 0.5) is 10.5 Å². The van der Waals surface area contributed by atoms with Gasteiger partial charge in [-0.1, -0.05) is 12.1 Å². The summed E-state index contributed by atoms with van der Waals surface area (Å²) in [5, 5.41) is 9.71. The van der Waals surface area contributed by atoms with E-state index in [-0.39, 0.29) is 5.75 Å². The average Bonchev–Trinajstić information content (AvgIpc) is 2.95. The number of ether oxygens (including phenoxy) is 1. The van der Waals surface area contributed by atoms with Gasteiger partial charge in [-0.3, -0.25) is 9.30 Å². The number of carbonyl (C=O) groups excluding carboxylic acids is 1. The number of hydrogen-bond donors (Lipinski definition) is 1. The first-order valence-corrected chi connectivity index (χ1v) is 7.98. The number of nitrogens with zero attached hydrogens (tertiary/aromatic N) is 3. The predicted octanol–water partition coefficient (Wildman–Crippen LogP) is 4.08. The van der Waals surface area contributed by atoms with E-state index in [2.05, 4.69) is 4.98 Å². The van der Waals surface area contributed by atoms with Crippen molar-refractivity contribution in [1.29, 1.82) is 0 Å². The maximum absolute atomic E-state index is 12.3. The third-order valence-electron chi connectivity index (χ3n) is 3.69. The molecule has 6 nitrogen and oxygen atoms in total. The van der Waals surface area contributed by atoms with Gasteiger partial charge >= 0.3 is 6.09 Å². The lowest BCUT2D eigenvalue weighted by Gasteiger charge is -2.24. The molecule has 0 aliphatic rings. The number of rotatable bonds is 2. The van der Waals surface area contributed by atoms with Gasteiger partial charge in [0.1, 0.15) is 17.0 Å². The zero-order valence-electron chi connectivity index (χ0n) is 14.7. The molecular formula is C19H21N3O3. The van der Waals surface area contributed by atoms with Crippen LogP contribution in [-0.2, 0) is 4.74 Å². The molecule has 0 aliphatic heterocycles. The van der Waals surface area contributed by atoms with Crippen LogP contribution < -0.4 is 4.90 Å². The van der Waals surface area contributed by atoms with Gasteiger partial charge in [-0.15, -0.1) is 0 Å². The maximum Gasteiger partial charge on any atom is 0.414 e. The van der Waals surface area contributed by atoms with E-state index in [1.54, 1.807) is 31.4 Å². The van der Waals surface area contributed by atoms with Gasteiger partial charge in [-0.2, -0.15) is 0 Å². The molecule has 1 amide bonds. The van der Waals surface area contributed by atoms with Gasteiger partial charge in [0.25, 0.3) is 0 Å². The summed E-state index contributed by atoms with van der Waals surface area (Å²) in [6, 6.07) is 10.6. The summed E-state index contributed by atoms with van der Waals surface area (Å²) in [4.78, 5) is 18.1. The quantitative estimate of drug-likeness (QED) is 0.764. The second kappa shape index (κ2) is 6.12. The Balaban J connectivity index is 1.99. The van der Waals surface area contributed by atoms with Crippen molar-refractivity contribution in [3.05, 3.63) is 48.8 Å². The molecule has 3 aromatic rings. The van der Waals surface area contributed by atoms with Crippen molar-refractivity contribution in [3.8, 4) is 17.0 Å². The van der Waals surface area contributed by atoms with Crippen LogP contribution in [0.25, 0.3) is 16.9 Å². The van der Waals surface area contributed by atoms with Gasteiger partial charge in [0.15, 0.2) is 0 Å². The Kier molecular flexibility index (Phi) is 4.12. The Morgan fingerprint density at radius 3 is 2.68 bits per heavy atom. The number of phenols is 1. The summed E-state index contributed by atoms with van der Waals surface area (Å²) < 4.78 is 7.29. The monoisotopic (exact) mass is 339 g/mol. The number of fused-ring (bicyclic) bond motifs is 1. The third-order valence-corrected chi connectivity index (χ3v) is 3.69. The Hall–Kier alpha value is -3.02. The fraction of sp³-hybridized carbons (Fsp3) is 0.263. The molecule has 0 spiro atoms. The molecule has 2 heterocycles. The molecule has 130 valence electrons. The first kappa shape index (κ1) is 16.8. The molecular weight excluding hydrogens is 318 g/mol. The van der Waals surface area contributed by atoms with Crippen LogP contribution in [0, 0.1) is 0 Å². The average molecular weight is 339 g/mol. The highest BCUT2D eigenvalue weighted by molar-refractivity contribution is 5.87. The fourth-order valence-electron chi connectivity index (χ4n) is 2.48. The molecule has 6 heteroatoms. The lowest BCUT2D eigenvalue weighted by molar-refractivity contribution is 0.0589. The first-order chi connectivity index (χ1) is 11.7. The minimum atomic E-state index is -0.558. The van der Waals surface area contributed by atoms with Crippen LogP contribution in [0.2, 0.25) is 0 Å². The highest BCUT2D eigenvalue weighted by Crippen LogP contribution is 2.26. The van der Waals surface area contributed by atoms with Crippen LogP contribution in [0.3, 0.4) is 0 Å². The van der Waals surface area contributed by atoms with Crippen molar-refractivity contribution >= 4 is 17.4 Å². The predicted molar refractivity (Wildman–Crippen MR) is 96.9 cm³/mol. The number of carbonyl (C=O) groups is 1. The van der Waals surface area contributed by atoms with Crippen molar-refractivity contribution in [3.63, 3.8) is 0 Å². The standard InChI is InChI=1S/C19H21N3O3/c1-19(2,3)25-18(24)21(4)14-8-9-17-20-11-16(22(17)12-14)13-6-5-7-15(23)10-13/h5-12,23H,1-4H3. The largest absolute Gasteiger partial charge is 0.508 e. The van der Waals surface area contributed by atoms with E-state index in [0.29, 0.717) is 5.69 Å². The van der Waals surface area contributed by atoms with Crippen LogP contribution in [0.15, 0.2) is 48.8 Å². The number of aromatic hydroxyl groups is 1. The van der Waals surface area contributed by atoms with E-state index in [0.717, 1.165) is 16.9 Å². The zero-order chi connectivity index (χ0) is 18.2. The van der Waals surface area contributed by atoms with Crippen molar-refractivity contribution in [2.24, 2.45) is 0 Å². The number of amides is 1. The SMILES string of the molecule is CN(C(=O)OC(C)(C)C)c1ccc2ncc(-c3cccc(O)c3)n2c1. The Morgan fingerprint density at radius 1 is 1.24 bits per heavy atom. The van der Waals surface area contributed by atoms with E-state index in [1.807, 2.05) is 49.6 Å². The lowest BCUT2D eigenvalue weighted by Crippen LogP contribution is -2.34. The second-order valence-electron chi connectivity index (χ2n) is 6.85. The van der Waals surface area contributed by atoms with E-state index in [9.17, 15) is 9.90 Å². The molecule has 0 unspecified atom stereocenters. The fourth-order valence-corrected chi connectivity index (χ4v) is 2.48. The Labute approximate surface area is 146 Å². The smallest absolute Gasteiger partial charge is 0.414 e. The first-order valence-electron chi connectivity index (χ1n) is 7.98. The zero-order valence-corrected chi connectivity index (χ0v) is 14.7. The summed E-state index contributed by atoms with van der Waals surface area (Å²) in [6.45, 7) is 5.49. The number of hydrogen-bond acceptors (Lipinski definition) is 4. The molecule has 2 aromatic heterocycles. The molecule has 0 aliphatic carbocycles. The van der Waals surface area contributed by atoms with Crippen molar-refractivity contribution in [2.45, 2.75) is 26.4 Å². The minimum absolute atomic E-state index is 0.189. The number of pyridine rings is 1. The molecule has 0 atom stereocenters. The number of benzene rings is 1. The normalized spacial score (nSPS) is 11.5. The lowest BCUT2D eigenvalue weighted by atomic mass is 10.1. The highest BCUT2D eigenvalue weighted by Gasteiger charge is 2.21. The van der Waals surface area contributed by atoms with Crippen LogP contribution >= 0.6 is 0 Å². The Morgan fingerprint density at radius 2 is 2.00 bits per heavy atom. The van der Waals surface area contributed by atoms with Gasteiger partial charge in [0.05, 0.1) is 17.6 Å². The van der Waals surface area contributed by atoms with Crippen LogP contribution in [0.5, 0.6) is 5.75 Å². The van der Waals surface area contributed by atoms with E-state index >= 15 is 0 Å². The van der Waals surface area contributed by atoms with Crippen LogP contribution in [0.1, 0.15) is 20.8 Å². The van der Waals surface area contributed by atoms with Crippen molar-refractivity contribution in [1.82, 2.24) is 9.38 Å². The van der Waals surface area contributed by atoms with Gasteiger partial charge in [0, 0.05) is 18.8 Å². The van der Waals surface area contributed by atoms with E-state index < -0.39 is 11.7 Å². The molecule has 0 saturated carbocycles. The maximum atomic E-state index is 12.3. The molecule has 0 saturated heterocycles. The summed E-state index contributed by atoms with van der Waals surface area (Å²) in [7, 11) is 1.67. The van der Waals surface area contributed by atoms with Crippen molar-refractivity contribution < 1.29 is 14.6 Å². The van der Waals surface area contributed by atoms with E-state index in [1.165, 1.54) is 4.90 Å². The van der Waals surface area contributed by atoms with Gasteiger partial charge in [-0.05, 0) is 45.0 Å². The summed E-state index contributed by atoms with van der Waals surface area (Å²) in [5.41, 5.74) is 2.53. The molecule has 1 N–H and O–H groups in total. The third kappa shape index (κ3) is 3.57. The van der Waals surface area contributed by atoms with Crippen LogP contribution in [-0.4, -0.2) is 33.2 Å². The summed E-state index contributed by atoms with van der Waals surface area (Å²) in [5.74, 6) is 0.189. The molecule has 0 bridgehead atoms. The van der Waals surface area contributed by atoms with Gasteiger partial charge in [0.2, 0.25) is 0 Å². The molecule has 1 aromatic carbocycles. The molecule has 0 radical (unpaired) electrons. The number of imidazole rings is 1. The second-order valence-corrected chi connectivity index (χ2v) is 6.85. The number of aromatic nitrogens is 2. The molecule has 0 fully saturated rings. The summed E-state index contributed by atoms with van der Waals surface area (Å²) in [6.07, 6.45) is 3.14. The van der Waals surface area contributed by atoms with E-state index in [4.69, 9.17) is 4.74 Å². The van der Waals surface area contributed by atoms with Gasteiger partial charge in [-0.25, -0.2) is 9.78 Å². The number of phenolic OH excluding ortho intramolecular Hbond substituents is 1. The topological polar surface area (TPSA) is 67.1 Å². The number of anilines is 1. The Bertz CT molecular complexity index is 925.